The van der Waals surface area contributed by atoms with Crippen molar-refractivity contribution in [3.05, 3.63) is 34.9 Å². The molecule has 0 aliphatic rings. The van der Waals surface area contributed by atoms with Crippen LogP contribution in [0.25, 0.3) is 0 Å². The summed E-state index contributed by atoms with van der Waals surface area (Å²) in [6.07, 6.45) is 1.59. The fraction of sp³-hybridized carbons (Fsp3) is 0.529. The molecule has 22 heavy (non-hydrogen) atoms. The fourth-order valence-electron chi connectivity index (χ4n) is 1.95. The summed E-state index contributed by atoms with van der Waals surface area (Å²) in [4.78, 5) is 23.3. The van der Waals surface area contributed by atoms with E-state index in [2.05, 4.69) is 10.6 Å². The average Bonchev–Trinajstić information content (AvgIpc) is 2.41. The second kappa shape index (κ2) is 8.79. The minimum absolute atomic E-state index is 0.0139. The topological polar surface area (TPSA) is 58.2 Å². The minimum atomic E-state index is -0.0219. The molecule has 0 aliphatic heterocycles. The normalized spacial score (nSPS) is 11.1. The van der Waals surface area contributed by atoms with Crippen LogP contribution >= 0.6 is 11.6 Å². The van der Waals surface area contributed by atoms with Gasteiger partial charge in [-0.1, -0.05) is 44.5 Å². The van der Waals surface area contributed by atoms with Gasteiger partial charge in [-0.3, -0.25) is 9.59 Å². The summed E-state index contributed by atoms with van der Waals surface area (Å²) in [7, 11) is 0. The molecule has 5 heteroatoms. The standard InChI is InChI=1S/C17H25ClN2O2/c1-17(2,3)12-16(22)20-11-10-19-15(21)9-6-13-4-7-14(18)8-5-13/h4-5,7-8H,6,9-12H2,1-3H3,(H,19,21)(H,20,22). The molecule has 0 atom stereocenters. The molecule has 1 aromatic carbocycles. The molecule has 1 rings (SSSR count). The number of rotatable bonds is 7. The molecule has 0 fully saturated rings. The monoisotopic (exact) mass is 324 g/mol. The van der Waals surface area contributed by atoms with Crippen molar-refractivity contribution in [2.75, 3.05) is 13.1 Å². The van der Waals surface area contributed by atoms with Crippen molar-refractivity contribution >= 4 is 23.4 Å². The second-order valence-electron chi connectivity index (χ2n) is 6.56. The lowest BCUT2D eigenvalue weighted by Gasteiger charge is -2.17. The van der Waals surface area contributed by atoms with Crippen LogP contribution in [-0.4, -0.2) is 24.9 Å². The highest BCUT2D eigenvalue weighted by atomic mass is 35.5. The van der Waals surface area contributed by atoms with Crippen LogP contribution in [0.4, 0.5) is 0 Å². The molecule has 0 saturated heterocycles. The summed E-state index contributed by atoms with van der Waals surface area (Å²) in [5.74, 6) is 0.00272. The van der Waals surface area contributed by atoms with E-state index < -0.39 is 0 Å². The summed E-state index contributed by atoms with van der Waals surface area (Å²) in [5, 5.41) is 6.30. The van der Waals surface area contributed by atoms with Gasteiger partial charge in [0, 0.05) is 31.0 Å². The number of carbonyl (C=O) groups excluding carboxylic acids is 2. The second-order valence-corrected chi connectivity index (χ2v) is 7.00. The predicted octanol–water partition coefficient (Wildman–Crippen LogP) is 2.94. The van der Waals surface area contributed by atoms with Gasteiger partial charge in [-0.25, -0.2) is 0 Å². The van der Waals surface area contributed by atoms with E-state index in [0.717, 1.165) is 5.56 Å². The quantitative estimate of drug-likeness (QED) is 0.758. The van der Waals surface area contributed by atoms with Crippen molar-refractivity contribution in [1.29, 1.82) is 0 Å². The summed E-state index contributed by atoms with van der Waals surface area (Å²) in [5.41, 5.74) is 1.06. The van der Waals surface area contributed by atoms with E-state index in [-0.39, 0.29) is 17.2 Å². The summed E-state index contributed by atoms with van der Waals surface area (Å²) < 4.78 is 0. The predicted molar refractivity (Wildman–Crippen MR) is 89.9 cm³/mol. The molecule has 4 nitrogen and oxygen atoms in total. The zero-order valence-corrected chi connectivity index (χ0v) is 14.3. The van der Waals surface area contributed by atoms with Crippen LogP contribution < -0.4 is 10.6 Å². The smallest absolute Gasteiger partial charge is 0.220 e. The Bertz CT molecular complexity index is 492. The lowest BCUT2D eigenvalue weighted by atomic mass is 9.92. The summed E-state index contributed by atoms with van der Waals surface area (Å²) >= 11 is 5.81. The number of amides is 2. The first-order valence-corrected chi connectivity index (χ1v) is 7.92. The van der Waals surface area contributed by atoms with Gasteiger partial charge < -0.3 is 10.6 Å². The molecule has 0 spiro atoms. The van der Waals surface area contributed by atoms with Gasteiger partial charge in [-0.05, 0) is 29.5 Å². The number of hydrogen-bond acceptors (Lipinski definition) is 2. The Morgan fingerprint density at radius 2 is 1.55 bits per heavy atom. The Morgan fingerprint density at radius 3 is 2.09 bits per heavy atom. The van der Waals surface area contributed by atoms with E-state index in [9.17, 15) is 9.59 Å². The number of halogens is 1. The third-order valence-electron chi connectivity index (χ3n) is 3.01. The van der Waals surface area contributed by atoms with Crippen LogP contribution in [-0.2, 0) is 16.0 Å². The Kier molecular flexibility index (Phi) is 7.39. The number of carbonyl (C=O) groups is 2. The molecule has 2 N–H and O–H groups in total. The molecule has 0 aliphatic carbocycles. The van der Waals surface area contributed by atoms with Gasteiger partial charge in [0.05, 0.1) is 0 Å². The minimum Gasteiger partial charge on any atom is -0.354 e. The number of hydrogen-bond donors (Lipinski definition) is 2. The highest BCUT2D eigenvalue weighted by Crippen LogP contribution is 2.17. The number of nitrogens with one attached hydrogen (secondary N) is 2. The average molecular weight is 325 g/mol. The molecule has 122 valence electrons. The molecule has 0 aromatic heterocycles. The van der Waals surface area contributed by atoms with Gasteiger partial charge in [0.25, 0.3) is 0 Å². The van der Waals surface area contributed by atoms with E-state index in [1.54, 1.807) is 0 Å². The van der Waals surface area contributed by atoms with Crippen molar-refractivity contribution in [1.82, 2.24) is 10.6 Å². The van der Waals surface area contributed by atoms with E-state index in [4.69, 9.17) is 11.6 Å². The van der Waals surface area contributed by atoms with Crippen LogP contribution in [0.5, 0.6) is 0 Å². The molecule has 1 aromatic rings. The third kappa shape index (κ3) is 8.67. The van der Waals surface area contributed by atoms with Crippen molar-refractivity contribution in [3.8, 4) is 0 Å². The van der Waals surface area contributed by atoms with Gasteiger partial charge >= 0.3 is 0 Å². The summed E-state index contributed by atoms with van der Waals surface area (Å²) in [6, 6.07) is 7.48. The van der Waals surface area contributed by atoms with Crippen LogP contribution in [0.15, 0.2) is 24.3 Å². The largest absolute Gasteiger partial charge is 0.354 e. The molecule has 0 unspecified atom stereocenters. The molecule has 0 saturated carbocycles. The van der Waals surface area contributed by atoms with E-state index in [1.807, 2.05) is 45.0 Å². The maximum absolute atomic E-state index is 11.7. The van der Waals surface area contributed by atoms with Crippen molar-refractivity contribution in [2.24, 2.45) is 5.41 Å². The molecule has 0 bridgehead atoms. The fourth-order valence-corrected chi connectivity index (χ4v) is 2.07. The van der Waals surface area contributed by atoms with E-state index >= 15 is 0 Å². The van der Waals surface area contributed by atoms with Crippen LogP contribution in [0.1, 0.15) is 39.2 Å². The van der Waals surface area contributed by atoms with Gasteiger partial charge in [-0.2, -0.15) is 0 Å². The first kappa shape index (κ1) is 18.5. The number of aryl methyl sites for hydroxylation is 1. The Morgan fingerprint density at radius 1 is 1.00 bits per heavy atom. The Balaban J connectivity index is 2.13. The third-order valence-corrected chi connectivity index (χ3v) is 3.27. The maximum atomic E-state index is 11.7. The molecule has 0 heterocycles. The molecular formula is C17H25ClN2O2. The van der Waals surface area contributed by atoms with Gasteiger partial charge in [-0.15, -0.1) is 0 Å². The highest BCUT2D eigenvalue weighted by Gasteiger charge is 2.15. The lowest BCUT2D eigenvalue weighted by molar-refractivity contribution is -0.124. The van der Waals surface area contributed by atoms with Crippen LogP contribution in [0.2, 0.25) is 5.02 Å². The zero-order valence-electron chi connectivity index (χ0n) is 13.5. The molecule has 2 amide bonds. The highest BCUT2D eigenvalue weighted by molar-refractivity contribution is 6.30. The van der Waals surface area contributed by atoms with E-state index in [0.29, 0.717) is 37.4 Å². The van der Waals surface area contributed by atoms with Gasteiger partial charge in [0.2, 0.25) is 11.8 Å². The Labute approximate surface area is 137 Å². The van der Waals surface area contributed by atoms with Crippen molar-refractivity contribution < 1.29 is 9.59 Å². The maximum Gasteiger partial charge on any atom is 0.220 e. The van der Waals surface area contributed by atoms with E-state index in [1.165, 1.54) is 0 Å². The summed E-state index contributed by atoms with van der Waals surface area (Å²) in [6.45, 7) is 6.97. The van der Waals surface area contributed by atoms with Crippen LogP contribution in [0.3, 0.4) is 0 Å². The number of benzene rings is 1. The van der Waals surface area contributed by atoms with Crippen molar-refractivity contribution in [3.63, 3.8) is 0 Å². The van der Waals surface area contributed by atoms with Gasteiger partial charge in [0.1, 0.15) is 0 Å². The van der Waals surface area contributed by atoms with Crippen molar-refractivity contribution in [2.45, 2.75) is 40.0 Å². The first-order chi connectivity index (χ1) is 10.3. The lowest BCUT2D eigenvalue weighted by Crippen LogP contribution is -2.36. The first-order valence-electron chi connectivity index (χ1n) is 7.54. The zero-order chi connectivity index (χ0) is 16.6. The SMILES string of the molecule is CC(C)(C)CC(=O)NCCNC(=O)CCc1ccc(Cl)cc1. The van der Waals surface area contributed by atoms with Crippen LogP contribution in [0, 0.1) is 5.41 Å². The molecule has 0 radical (unpaired) electrons. The molecular weight excluding hydrogens is 300 g/mol. The Hall–Kier alpha value is -1.55. The van der Waals surface area contributed by atoms with Gasteiger partial charge in [0.15, 0.2) is 0 Å².